The number of fused-ring (bicyclic) bond motifs is 7. The number of ether oxygens (including phenoxy) is 2. The number of nitrogens with zero attached hydrogens (tertiary/aromatic N) is 2. The van der Waals surface area contributed by atoms with Crippen LogP contribution in [-0.2, 0) is 19.9 Å². The molecule has 170 valence electrons. The van der Waals surface area contributed by atoms with Crippen molar-refractivity contribution in [3.8, 4) is 11.5 Å². The van der Waals surface area contributed by atoms with Gasteiger partial charge in [-0.05, 0) is 49.7 Å². The lowest BCUT2D eigenvalue weighted by molar-refractivity contribution is -0.135. The average Bonchev–Trinajstić information content (AvgIpc) is 3.52. The normalized spacial score (nSPS) is 30.0. The largest absolute Gasteiger partial charge is 0.497 e. The Balaban J connectivity index is 1.56. The summed E-state index contributed by atoms with van der Waals surface area (Å²) in [5, 5.41) is 2.84. The molecule has 9 heteroatoms. The number of methoxy groups -OCH3 is 2. The van der Waals surface area contributed by atoms with E-state index < -0.39 is 29.1 Å². The number of anilines is 2. The maximum absolute atomic E-state index is 14.4. The molecule has 3 saturated heterocycles. The SMILES string of the molecule is COc1ccc(OC)c(N2C(=O)[C@H]3[C@@H](C2=O)[C@]2(C(=O)Nc4ccc(F)cc42)N2CCC[C@@H]32)c1. The smallest absolute Gasteiger partial charge is 0.250 e. The van der Waals surface area contributed by atoms with Crippen molar-refractivity contribution in [2.45, 2.75) is 24.4 Å². The topological polar surface area (TPSA) is 88.2 Å². The van der Waals surface area contributed by atoms with Crippen molar-refractivity contribution >= 4 is 29.1 Å². The third kappa shape index (κ3) is 2.35. The summed E-state index contributed by atoms with van der Waals surface area (Å²) in [6, 6.07) is 8.72. The van der Waals surface area contributed by atoms with Gasteiger partial charge in [0.15, 0.2) is 0 Å². The first-order valence-electron chi connectivity index (χ1n) is 10.9. The van der Waals surface area contributed by atoms with Crippen LogP contribution in [0.4, 0.5) is 15.8 Å². The van der Waals surface area contributed by atoms with E-state index in [1.807, 2.05) is 4.90 Å². The van der Waals surface area contributed by atoms with Crippen molar-refractivity contribution in [3.05, 3.63) is 47.8 Å². The Kier molecular flexibility index (Phi) is 4.14. The zero-order chi connectivity index (χ0) is 23.1. The van der Waals surface area contributed by atoms with E-state index in [9.17, 15) is 18.8 Å². The molecule has 4 aliphatic heterocycles. The van der Waals surface area contributed by atoms with E-state index in [0.29, 0.717) is 35.7 Å². The summed E-state index contributed by atoms with van der Waals surface area (Å²) in [7, 11) is 2.95. The fourth-order valence-corrected chi connectivity index (χ4v) is 6.38. The number of carbonyl (C=O) groups excluding carboxylic acids is 3. The van der Waals surface area contributed by atoms with Crippen LogP contribution >= 0.6 is 0 Å². The Morgan fingerprint density at radius 1 is 1.06 bits per heavy atom. The molecule has 33 heavy (non-hydrogen) atoms. The van der Waals surface area contributed by atoms with Crippen molar-refractivity contribution in [1.82, 2.24) is 4.90 Å². The molecular formula is C24H22FN3O5. The van der Waals surface area contributed by atoms with Gasteiger partial charge in [0.05, 0.1) is 31.7 Å². The molecule has 6 rings (SSSR count). The fraction of sp³-hybridized carbons (Fsp3) is 0.375. The van der Waals surface area contributed by atoms with Gasteiger partial charge in [0.1, 0.15) is 22.9 Å². The number of halogens is 1. The maximum atomic E-state index is 14.4. The molecule has 1 N–H and O–H groups in total. The Hall–Kier alpha value is -3.46. The highest BCUT2D eigenvalue weighted by molar-refractivity contribution is 6.26. The van der Waals surface area contributed by atoms with Gasteiger partial charge in [0.2, 0.25) is 17.7 Å². The summed E-state index contributed by atoms with van der Waals surface area (Å²) in [4.78, 5) is 44.5. The van der Waals surface area contributed by atoms with Crippen molar-refractivity contribution in [3.63, 3.8) is 0 Å². The summed E-state index contributed by atoms with van der Waals surface area (Å²) in [5.74, 6) is -2.61. The Bertz CT molecular complexity index is 1230. The second-order valence-electron chi connectivity index (χ2n) is 8.87. The summed E-state index contributed by atoms with van der Waals surface area (Å²) in [6.45, 7) is 0.560. The summed E-state index contributed by atoms with van der Waals surface area (Å²) in [6.07, 6.45) is 1.47. The molecule has 8 nitrogen and oxygen atoms in total. The standard InChI is InChI=1S/C24H22FN3O5/c1-32-13-6-8-18(33-2)17(11-13)28-21(29)19-16-4-3-9-27(16)24(20(19)22(28)30)14-10-12(25)5-7-15(14)26-23(24)31/h5-8,10-11,16,19-20H,3-4,9H2,1-2H3,(H,26,31)/t16-,19+,20-,24+/m0/s1. The van der Waals surface area contributed by atoms with E-state index in [-0.39, 0.29) is 23.5 Å². The van der Waals surface area contributed by atoms with Gasteiger partial charge < -0.3 is 14.8 Å². The second kappa shape index (κ2) is 6.77. The maximum Gasteiger partial charge on any atom is 0.250 e. The Labute approximate surface area is 189 Å². The highest BCUT2D eigenvalue weighted by atomic mass is 19.1. The molecule has 3 fully saturated rings. The number of hydrogen-bond donors (Lipinski definition) is 1. The molecule has 4 heterocycles. The van der Waals surface area contributed by atoms with Crippen LogP contribution in [0.1, 0.15) is 18.4 Å². The fourth-order valence-electron chi connectivity index (χ4n) is 6.38. The number of hydrogen-bond acceptors (Lipinski definition) is 6. The first-order chi connectivity index (χ1) is 15.9. The molecule has 0 aromatic heterocycles. The lowest BCUT2D eigenvalue weighted by Gasteiger charge is -2.36. The van der Waals surface area contributed by atoms with Gasteiger partial charge in [-0.15, -0.1) is 0 Å². The van der Waals surface area contributed by atoms with E-state index in [4.69, 9.17) is 9.47 Å². The number of rotatable bonds is 3. The predicted molar refractivity (Wildman–Crippen MR) is 115 cm³/mol. The van der Waals surface area contributed by atoms with Crippen LogP contribution in [0.25, 0.3) is 0 Å². The molecule has 0 radical (unpaired) electrons. The minimum atomic E-state index is -1.42. The quantitative estimate of drug-likeness (QED) is 0.721. The van der Waals surface area contributed by atoms with Crippen LogP contribution in [0.3, 0.4) is 0 Å². The molecule has 0 saturated carbocycles. The molecule has 4 aliphatic rings. The van der Waals surface area contributed by atoms with E-state index in [2.05, 4.69) is 5.32 Å². The molecule has 1 spiro atoms. The van der Waals surface area contributed by atoms with Gasteiger partial charge in [-0.1, -0.05) is 0 Å². The highest BCUT2D eigenvalue weighted by Gasteiger charge is 2.74. The molecule has 3 amide bonds. The van der Waals surface area contributed by atoms with E-state index in [1.165, 1.54) is 32.4 Å². The van der Waals surface area contributed by atoms with Gasteiger partial charge in [-0.3, -0.25) is 19.3 Å². The van der Waals surface area contributed by atoms with Crippen LogP contribution in [-0.4, -0.2) is 49.4 Å². The van der Waals surface area contributed by atoms with Crippen LogP contribution < -0.4 is 19.7 Å². The summed E-state index contributed by atoms with van der Waals surface area (Å²) >= 11 is 0. The van der Waals surface area contributed by atoms with Crippen molar-refractivity contribution in [1.29, 1.82) is 0 Å². The van der Waals surface area contributed by atoms with Crippen molar-refractivity contribution in [2.24, 2.45) is 11.8 Å². The number of amides is 3. The number of carbonyl (C=O) groups is 3. The minimum absolute atomic E-state index is 0.277. The Morgan fingerprint density at radius 2 is 1.88 bits per heavy atom. The number of nitrogens with one attached hydrogen (secondary N) is 1. The predicted octanol–water partition coefficient (Wildman–Crippen LogP) is 2.27. The molecule has 2 aromatic rings. The molecule has 2 aromatic carbocycles. The van der Waals surface area contributed by atoms with Gasteiger partial charge in [-0.25, -0.2) is 9.29 Å². The minimum Gasteiger partial charge on any atom is -0.497 e. The van der Waals surface area contributed by atoms with Gasteiger partial charge >= 0.3 is 0 Å². The van der Waals surface area contributed by atoms with Gasteiger partial charge in [-0.2, -0.15) is 0 Å². The Morgan fingerprint density at radius 3 is 2.64 bits per heavy atom. The summed E-state index contributed by atoms with van der Waals surface area (Å²) in [5.41, 5.74) is -0.242. The highest BCUT2D eigenvalue weighted by Crippen LogP contribution is 2.61. The lowest BCUT2D eigenvalue weighted by atomic mass is 9.75. The molecule has 0 bridgehead atoms. The third-order valence-electron chi connectivity index (χ3n) is 7.58. The van der Waals surface area contributed by atoms with Crippen molar-refractivity contribution < 1.29 is 28.2 Å². The van der Waals surface area contributed by atoms with E-state index in [0.717, 1.165) is 11.3 Å². The molecular weight excluding hydrogens is 429 g/mol. The summed E-state index contributed by atoms with van der Waals surface area (Å²) < 4.78 is 25.1. The van der Waals surface area contributed by atoms with Crippen LogP contribution in [0.2, 0.25) is 0 Å². The second-order valence-corrected chi connectivity index (χ2v) is 8.87. The first kappa shape index (κ1) is 20.2. The average molecular weight is 451 g/mol. The monoisotopic (exact) mass is 451 g/mol. The molecule has 4 atom stereocenters. The van der Waals surface area contributed by atoms with Crippen LogP contribution in [0.5, 0.6) is 11.5 Å². The van der Waals surface area contributed by atoms with E-state index in [1.54, 1.807) is 18.2 Å². The van der Waals surface area contributed by atoms with E-state index >= 15 is 0 Å². The lowest BCUT2D eigenvalue weighted by Crippen LogP contribution is -2.54. The molecule has 0 unspecified atom stereocenters. The number of imide groups is 1. The van der Waals surface area contributed by atoms with Gasteiger partial charge in [0.25, 0.3) is 0 Å². The zero-order valence-corrected chi connectivity index (χ0v) is 18.1. The van der Waals surface area contributed by atoms with Gasteiger partial charge in [0, 0.05) is 23.4 Å². The van der Waals surface area contributed by atoms with Crippen LogP contribution in [0.15, 0.2) is 36.4 Å². The van der Waals surface area contributed by atoms with Crippen LogP contribution in [0, 0.1) is 17.7 Å². The van der Waals surface area contributed by atoms with Crippen molar-refractivity contribution in [2.75, 3.05) is 31.0 Å². The molecule has 0 aliphatic carbocycles. The first-order valence-corrected chi connectivity index (χ1v) is 10.9. The third-order valence-corrected chi connectivity index (χ3v) is 7.58. The zero-order valence-electron chi connectivity index (χ0n) is 18.1. The number of benzene rings is 2.